The first-order chi connectivity index (χ1) is 9.47. The molecular weight excluding hydrogens is 318 g/mol. The van der Waals surface area contributed by atoms with Gasteiger partial charge >= 0.3 is 0 Å². The standard InChI is InChI=1S/C15H22BrN3O/c1-11(2)17-9-12-8-13(16)4-5-14(12)19-7-6-18(3)15(20)10-19/h4-5,8,11,17H,6-7,9-10H2,1-3H3. The molecule has 20 heavy (non-hydrogen) atoms. The molecule has 0 spiro atoms. The fourth-order valence-corrected chi connectivity index (χ4v) is 2.69. The zero-order chi connectivity index (χ0) is 14.7. The highest BCUT2D eigenvalue weighted by Gasteiger charge is 2.22. The third-order valence-electron chi connectivity index (χ3n) is 3.54. The van der Waals surface area contributed by atoms with Gasteiger partial charge in [0.05, 0.1) is 6.54 Å². The lowest BCUT2D eigenvalue weighted by atomic mass is 10.1. The number of amides is 1. The second-order valence-corrected chi connectivity index (χ2v) is 6.46. The second-order valence-electron chi connectivity index (χ2n) is 5.55. The molecule has 0 aliphatic carbocycles. The van der Waals surface area contributed by atoms with Gasteiger partial charge in [-0.3, -0.25) is 4.79 Å². The normalized spacial score (nSPS) is 16.1. The summed E-state index contributed by atoms with van der Waals surface area (Å²) in [6, 6.07) is 6.71. The summed E-state index contributed by atoms with van der Waals surface area (Å²) in [6.45, 7) is 7.22. The molecule has 0 saturated carbocycles. The van der Waals surface area contributed by atoms with Crippen molar-refractivity contribution in [2.24, 2.45) is 0 Å². The predicted molar refractivity (Wildman–Crippen MR) is 86.0 cm³/mol. The highest BCUT2D eigenvalue weighted by atomic mass is 79.9. The van der Waals surface area contributed by atoms with Gasteiger partial charge in [0, 0.05) is 42.9 Å². The molecule has 0 bridgehead atoms. The maximum Gasteiger partial charge on any atom is 0.241 e. The van der Waals surface area contributed by atoms with E-state index in [0.29, 0.717) is 12.6 Å². The van der Waals surface area contributed by atoms with Crippen molar-refractivity contribution in [2.75, 3.05) is 31.6 Å². The van der Waals surface area contributed by atoms with E-state index in [-0.39, 0.29) is 5.91 Å². The smallest absolute Gasteiger partial charge is 0.241 e. The summed E-state index contributed by atoms with van der Waals surface area (Å²) in [4.78, 5) is 15.8. The Labute approximate surface area is 129 Å². The zero-order valence-electron chi connectivity index (χ0n) is 12.3. The summed E-state index contributed by atoms with van der Waals surface area (Å²) >= 11 is 3.53. The number of benzene rings is 1. The topological polar surface area (TPSA) is 35.6 Å². The van der Waals surface area contributed by atoms with Crippen LogP contribution in [0.1, 0.15) is 19.4 Å². The van der Waals surface area contributed by atoms with E-state index in [1.54, 1.807) is 4.90 Å². The van der Waals surface area contributed by atoms with Crippen LogP contribution in [0.15, 0.2) is 22.7 Å². The Morgan fingerprint density at radius 1 is 1.35 bits per heavy atom. The SMILES string of the molecule is CC(C)NCc1cc(Br)ccc1N1CCN(C)C(=O)C1. The fourth-order valence-electron chi connectivity index (χ4n) is 2.28. The number of hydrogen-bond donors (Lipinski definition) is 1. The minimum absolute atomic E-state index is 0.182. The number of carbonyl (C=O) groups excluding carboxylic acids is 1. The third-order valence-corrected chi connectivity index (χ3v) is 4.03. The van der Waals surface area contributed by atoms with Gasteiger partial charge in [-0.1, -0.05) is 29.8 Å². The van der Waals surface area contributed by atoms with Crippen molar-refractivity contribution >= 4 is 27.5 Å². The highest BCUT2D eigenvalue weighted by molar-refractivity contribution is 9.10. The molecule has 0 radical (unpaired) electrons. The molecule has 1 amide bonds. The molecule has 0 atom stereocenters. The van der Waals surface area contributed by atoms with Crippen molar-refractivity contribution < 1.29 is 4.79 Å². The van der Waals surface area contributed by atoms with Gasteiger partial charge in [-0.15, -0.1) is 0 Å². The quantitative estimate of drug-likeness (QED) is 0.913. The Morgan fingerprint density at radius 3 is 2.75 bits per heavy atom. The highest BCUT2D eigenvalue weighted by Crippen LogP contribution is 2.26. The van der Waals surface area contributed by atoms with Crippen LogP contribution in [0.25, 0.3) is 0 Å². The summed E-state index contributed by atoms with van der Waals surface area (Å²) in [5.41, 5.74) is 2.38. The molecule has 1 aromatic rings. The van der Waals surface area contributed by atoms with Crippen molar-refractivity contribution in [3.63, 3.8) is 0 Å². The van der Waals surface area contributed by atoms with Crippen molar-refractivity contribution in [2.45, 2.75) is 26.4 Å². The third kappa shape index (κ3) is 3.73. The summed E-state index contributed by atoms with van der Waals surface area (Å²) in [6.07, 6.45) is 0. The lowest BCUT2D eigenvalue weighted by Gasteiger charge is -2.34. The Kier molecular flexibility index (Phi) is 5.05. The van der Waals surface area contributed by atoms with Gasteiger partial charge in [-0.25, -0.2) is 0 Å². The van der Waals surface area contributed by atoms with E-state index in [1.165, 1.54) is 5.56 Å². The maximum atomic E-state index is 11.9. The minimum atomic E-state index is 0.182. The molecule has 2 rings (SSSR count). The van der Waals surface area contributed by atoms with E-state index in [0.717, 1.165) is 29.8 Å². The fraction of sp³-hybridized carbons (Fsp3) is 0.533. The lowest BCUT2D eigenvalue weighted by Crippen LogP contribution is -2.49. The van der Waals surface area contributed by atoms with Gasteiger partial charge in [0.1, 0.15) is 0 Å². The summed E-state index contributed by atoms with van der Waals surface area (Å²) in [5.74, 6) is 0.182. The summed E-state index contributed by atoms with van der Waals surface area (Å²) in [7, 11) is 1.86. The number of nitrogens with one attached hydrogen (secondary N) is 1. The number of rotatable bonds is 4. The second kappa shape index (κ2) is 6.59. The van der Waals surface area contributed by atoms with E-state index in [1.807, 2.05) is 13.1 Å². The predicted octanol–water partition coefficient (Wildman–Crippen LogP) is 2.23. The number of piperazine rings is 1. The molecule has 1 fully saturated rings. The number of halogens is 1. The first-order valence-corrected chi connectivity index (χ1v) is 7.77. The molecule has 4 nitrogen and oxygen atoms in total. The number of nitrogens with zero attached hydrogens (tertiary/aromatic N) is 2. The first-order valence-electron chi connectivity index (χ1n) is 6.98. The molecule has 110 valence electrons. The van der Waals surface area contributed by atoms with E-state index in [2.05, 4.69) is 52.1 Å². The average Bonchev–Trinajstić information content (AvgIpc) is 2.40. The molecule has 1 saturated heterocycles. The average molecular weight is 340 g/mol. The van der Waals surface area contributed by atoms with Crippen LogP contribution in [0.3, 0.4) is 0 Å². The first kappa shape index (κ1) is 15.3. The summed E-state index contributed by atoms with van der Waals surface area (Å²) in [5, 5.41) is 3.45. The van der Waals surface area contributed by atoms with E-state index < -0.39 is 0 Å². The Hall–Kier alpha value is -1.07. The molecular formula is C15H22BrN3O. The van der Waals surface area contributed by atoms with Crippen LogP contribution in [0, 0.1) is 0 Å². The van der Waals surface area contributed by atoms with Crippen LogP contribution in [0.2, 0.25) is 0 Å². The van der Waals surface area contributed by atoms with Gasteiger partial charge in [0.15, 0.2) is 0 Å². The van der Waals surface area contributed by atoms with Crippen LogP contribution in [0.4, 0.5) is 5.69 Å². The molecule has 0 aromatic heterocycles. The van der Waals surface area contributed by atoms with Crippen molar-refractivity contribution in [3.8, 4) is 0 Å². The number of hydrogen-bond acceptors (Lipinski definition) is 3. The van der Waals surface area contributed by atoms with Crippen LogP contribution in [-0.4, -0.2) is 43.5 Å². The van der Waals surface area contributed by atoms with Gasteiger partial charge < -0.3 is 15.1 Å². The number of likely N-dealkylation sites (N-methyl/N-ethyl adjacent to an activating group) is 1. The van der Waals surface area contributed by atoms with Gasteiger partial charge in [-0.05, 0) is 23.8 Å². The molecule has 1 heterocycles. The minimum Gasteiger partial charge on any atom is -0.360 e. The van der Waals surface area contributed by atoms with Gasteiger partial charge in [0.25, 0.3) is 0 Å². The van der Waals surface area contributed by atoms with Crippen LogP contribution >= 0.6 is 15.9 Å². The molecule has 0 unspecified atom stereocenters. The largest absolute Gasteiger partial charge is 0.360 e. The van der Waals surface area contributed by atoms with Crippen LogP contribution < -0.4 is 10.2 Å². The van der Waals surface area contributed by atoms with Gasteiger partial charge in [0.2, 0.25) is 5.91 Å². The Balaban J connectivity index is 2.19. The summed E-state index contributed by atoms with van der Waals surface area (Å²) < 4.78 is 1.07. The van der Waals surface area contributed by atoms with Crippen LogP contribution in [0.5, 0.6) is 0 Å². The monoisotopic (exact) mass is 339 g/mol. The maximum absolute atomic E-state index is 11.9. The van der Waals surface area contributed by atoms with Crippen LogP contribution in [-0.2, 0) is 11.3 Å². The molecule has 1 aliphatic heterocycles. The van der Waals surface area contributed by atoms with E-state index >= 15 is 0 Å². The zero-order valence-corrected chi connectivity index (χ0v) is 13.9. The van der Waals surface area contributed by atoms with Crippen molar-refractivity contribution in [1.82, 2.24) is 10.2 Å². The Bertz CT molecular complexity index is 490. The van der Waals surface area contributed by atoms with Crippen molar-refractivity contribution in [1.29, 1.82) is 0 Å². The Morgan fingerprint density at radius 2 is 2.10 bits per heavy atom. The molecule has 1 aliphatic rings. The number of anilines is 1. The molecule has 5 heteroatoms. The number of carbonyl (C=O) groups is 1. The molecule has 1 aromatic carbocycles. The van der Waals surface area contributed by atoms with Gasteiger partial charge in [-0.2, -0.15) is 0 Å². The molecule has 1 N–H and O–H groups in total. The lowest BCUT2D eigenvalue weighted by molar-refractivity contribution is -0.129. The van der Waals surface area contributed by atoms with E-state index in [9.17, 15) is 4.79 Å². The van der Waals surface area contributed by atoms with Crippen molar-refractivity contribution in [3.05, 3.63) is 28.2 Å². The van der Waals surface area contributed by atoms with E-state index in [4.69, 9.17) is 0 Å².